The molecule has 208 valence electrons. The first kappa shape index (κ1) is 28.5. The van der Waals surface area contributed by atoms with E-state index in [2.05, 4.69) is 0 Å². The van der Waals surface area contributed by atoms with Crippen LogP contribution in [0.4, 0.5) is 4.39 Å². The largest absolute Gasteiger partial charge is 0.497 e. The second-order valence-electron chi connectivity index (χ2n) is 9.66. The first-order chi connectivity index (χ1) is 19.4. The molecule has 3 aromatic carbocycles. The molecule has 1 heterocycles. The van der Waals surface area contributed by atoms with Crippen LogP contribution in [0.15, 0.2) is 88.3 Å². The van der Waals surface area contributed by atoms with Gasteiger partial charge in [-0.2, -0.15) is 0 Å². The molecule has 0 aliphatic heterocycles. The van der Waals surface area contributed by atoms with Crippen LogP contribution in [0.3, 0.4) is 0 Å². The molecule has 0 radical (unpaired) electrons. The molecule has 0 fully saturated rings. The Balaban J connectivity index is 1.57. The quantitative estimate of drug-likeness (QED) is 0.241. The average molecular weight is 545 g/mol. The molecule has 0 unspecified atom stereocenters. The molecule has 0 N–H and O–H groups in total. The van der Waals surface area contributed by atoms with E-state index in [1.54, 1.807) is 60.5 Å². The Labute approximate surface area is 232 Å². The van der Waals surface area contributed by atoms with Gasteiger partial charge in [-0.1, -0.05) is 49.7 Å². The number of ether oxygens (including phenoxy) is 1. The van der Waals surface area contributed by atoms with E-state index >= 15 is 0 Å². The van der Waals surface area contributed by atoms with Crippen molar-refractivity contribution in [2.45, 2.75) is 39.3 Å². The van der Waals surface area contributed by atoms with Crippen molar-refractivity contribution in [1.29, 1.82) is 0 Å². The van der Waals surface area contributed by atoms with Crippen molar-refractivity contribution >= 4 is 22.8 Å². The minimum atomic E-state index is -0.383. The second kappa shape index (κ2) is 13.6. The van der Waals surface area contributed by atoms with E-state index in [9.17, 15) is 18.8 Å². The molecule has 4 aromatic rings. The van der Waals surface area contributed by atoms with Crippen molar-refractivity contribution in [3.05, 3.63) is 112 Å². The lowest BCUT2D eigenvalue weighted by molar-refractivity contribution is -0.141. The van der Waals surface area contributed by atoms with Gasteiger partial charge >= 0.3 is 0 Å². The Kier molecular flexibility index (Phi) is 9.67. The van der Waals surface area contributed by atoms with Crippen molar-refractivity contribution in [2.24, 2.45) is 0 Å². The van der Waals surface area contributed by atoms with Crippen LogP contribution in [0.25, 0.3) is 11.0 Å². The number of hydrogen-bond acceptors (Lipinski definition) is 5. The van der Waals surface area contributed by atoms with Crippen LogP contribution in [0.5, 0.6) is 5.75 Å². The van der Waals surface area contributed by atoms with Gasteiger partial charge < -0.3 is 19.0 Å². The van der Waals surface area contributed by atoms with Gasteiger partial charge in [0.25, 0.3) is 0 Å². The summed E-state index contributed by atoms with van der Waals surface area (Å²) in [4.78, 5) is 43.3. The highest BCUT2D eigenvalue weighted by Crippen LogP contribution is 2.16. The molecule has 0 aliphatic carbocycles. The summed E-state index contributed by atoms with van der Waals surface area (Å²) in [5, 5.41) is 0.424. The molecule has 0 atom stereocenters. The third-order valence-corrected chi connectivity index (χ3v) is 6.73. The molecular formula is C32H33FN2O5. The molecule has 4 rings (SSSR count). The predicted octanol–water partition coefficient (Wildman–Crippen LogP) is 5.34. The first-order valence-electron chi connectivity index (χ1n) is 13.3. The highest BCUT2D eigenvalue weighted by atomic mass is 19.1. The molecule has 7 nitrogen and oxygen atoms in total. The zero-order valence-electron chi connectivity index (χ0n) is 22.8. The minimum Gasteiger partial charge on any atom is -0.497 e. The number of carbonyl (C=O) groups excluding carboxylic acids is 2. The summed E-state index contributed by atoms with van der Waals surface area (Å²) in [6.45, 7) is 2.43. The van der Waals surface area contributed by atoms with Crippen molar-refractivity contribution in [1.82, 2.24) is 9.80 Å². The van der Waals surface area contributed by atoms with Crippen LogP contribution in [0.2, 0.25) is 0 Å². The van der Waals surface area contributed by atoms with Crippen molar-refractivity contribution in [2.75, 3.05) is 20.2 Å². The van der Waals surface area contributed by atoms with E-state index in [-0.39, 0.29) is 49.1 Å². The van der Waals surface area contributed by atoms with Gasteiger partial charge in [-0.25, -0.2) is 4.39 Å². The Hall–Kier alpha value is -4.46. The van der Waals surface area contributed by atoms with Crippen LogP contribution < -0.4 is 10.2 Å². The lowest BCUT2D eigenvalue weighted by atomic mass is 10.1. The number of fused-ring (bicyclic) bond motifs is 1. The van der Waals surface area contributed by atoms with Gasteiger partial charge in [0, 0.05) is 13.1 Å². The van der Waals surface area contributed by atoms with Crippen LogP contribution in [-0.4, -0.2) is 41.8 Å². The van der Waals surface area contributed by atoms with Gasteiger partial charge in [0.1, 0.15) is 17.1 Å². The Morgan fingerprint density at radius 3 is 2.27 bits per heavy atom. The molecule has 40 heavy (non-hydrogen) atoms. The molecule has 0 spiro atoms. The van der Waals surface area contributed by atoms with Gasteiger partial charge in [-0.3, -0.25) is 14.4 Å². The fourth-order valence-corrected chi connectivity index (χ4v) is 4.41. The van der Waals surface area contributed by atoms with E-state index < -0.39 is 0 Å². The van der Waals surface area contributed by atoms with E-state index in [1.807, 2.05) is 19.1 Å². The van der Waals surface area contributed by atoms with Crippen molar-refractivity contribution < 1.29 is 23.1 Å². The van der Waals surface area contributed by atoms with Gasteiger partial charge in [0.2, 0.25) is 11.8 Å². The predicted molar refractivity (Wildman–Crippen MR) is 151 cm³/mol. The van der Waals surface area contributed by atoms with Crippen LogP contribution in [0.1, 0.15) is 36.5 Å². The van der Waals surface area contributed by atoms with Crippen LogP contribution in [-0.2, 0) is 29.1 Å². The molecule has 0 bridgehead atoms. The summed E-state index contributed by atoms with van der Waals surface area (Å²) < 4.78 is 24.4. The summed E-state index contributed by atoms with van der Waals surface area (Å²) >= 11 is 0. The van der Waals surface area contributed by atoms with Crippen LogP contribution >= 0.6 is 0 Å². The number of amides is 2. The summed E-state index contributed by atoms with van der Waals surface area (Å²) in [6.07, 6.45) is 3.12. The molecule has 8 heteroatoms. The van der Waals surface area contributed by atoms with Crippen molar-refractivity contribution in [3.63, 3.8) is 0 Å². The number of halogens is 1. The van der Waals surface area contributed by atoms with Gasteiger partial charge in [-0.15, -0.1) is 0 Å². The fraction of sp³-hybridized carbons (Fsp3) is 0.281. The zero-order valence-corrected chi connectivity index (χ0v) is 22.8. The SMILES string of the molecule is CCCCN(CC(=O)N(Cc1ccc(F)cc1)Cc1coc2ccccc2c1=O)C(=O)Cc1ccc(OC)cc1. The van der Waals surface area contributed by atoms with E-state index in [1.165, 1.54) is 23.3 Å². The summed E-state index contributed by atoms with van der Waals surface area (Å²) in [5.74, 6) is -0.175. The zero-order chi connectivity index (χ0) is 28.5. The van der Waals surface area contributed by atoms with E-state index in [0.717, 1.165) is 18.4 Å². The number of hydrogen-bond donors (Lipinski definition) is 0. The number of benzene rings is 3. The topological polar surface area (TPSA) is 80.1 Å². The lowest BCUT2D eigenvalue weighted by Crippen LogP contribution is -2.43. The standard InChI is InChI=1S/C32H33FN2O5/c1-3-4-17-34(30(36)18-23-11-15-27(39-2)16-12-23)21-31(37)35(19-24-9-13-26(33)14-10-24)20-25-22-40-29-8-6-5-7-28(29)32(25)38/h5-16,22H,3-4,17-21H2,1-2H3. The number of nitrogens with zero attached hydrogens (tertiary/aromatic N) is 2. The smallest absolute Gasteiger partial charge is 0.242 e. The third kappa shape index (κ3) is 7.34. The second-order valence-corrected chi connectivity index (χ2v) is 9.66. The van der Waals surface area contributed by atoms with E-state index in [0.29, 0.717) is 34.4 Å². The maximum absolute atomic E-state index is 13.7. The van der Waals surface area contributed by atoms with E-state index in [4.69, 9.17) is 9.15 Å². The van der Waals surface area contributed by atoms with Gasteiger partial charge in [0.15, 0.2) is 5.43 Å². The number of methoxy groups -OCH3 is 1. The normalized spacial score (nSPS) is 10.9. The highest BCUT2D eigenvalue weighted by molar-refractivity contribution is 5.86. The first-order valence-corrected chi connectivity index (χ1v) is 13.3. The summed E-state index contributed by atoms with van der Waals surface area (Å²) in [7, 11) is 1.58. The number of carbonyl (C=O) groups is 2. The highest BCUT2D eigenvalue weighted by Gasteiger charge is 2.23. The molecular weight excluding hydrogens is 511 g/mol. The maximum Gasteiger partial charge on any atom is 0.242 e. The molecule has 1 aromatic heterocycles. The summed E-state index contributed by atoms with van der Waals surface area (Å²) in [5.41, 5.74) is 2.07. The van der Waals surface area contributed by atoms with Crippen molar-refractivity contribution in [3.8, 4) is 5.75 Å². The van der Waals surface area contributed by atoms with Gasteiger partial charge in [-0.05, 0) is 53.9 Å². The molecule has 2 amide bonds. The molecule has 0 saturated carbocycles. The number of para-hydroxylation sites is 1. The lowest BCUT2D eigenvalue weighted by Gasteiger charge is -2.28. The monoisotopic (exact) mass is 544 g/mol. The number of rotatable bonds is 12. The minimum absolute atomic E-state index is 0.0162. The van der Waals surface area contributed by atoms with Crippen LogP contribution in [0, 0.1) is 5.82 Å². The maximum atomic E-state index is 13.7. The Morgan fingerprint density at radius 1 is 0.875 bits per heavy atom. The van der Waals surface area contributed by atoms with Gasteiger partial charge in [0.05, 0.1) is 43.8 Å². The third-order valence-electron chi connectivity index (χ3n) is 6.73. The molecule has 0 saturated heterocycles. The molecule has 0 aliphatic rings. The Morgan fingerprint density at radius 2 is 1.57 bits per heavy atom. The number of unbranched alkanes of at least 4 members (excludes halogenated alkanes) is 1. The Bertz CT molecular complexity index is 1500. The summed E-state index contributed by atoms with van der Waals surface area (Å²) in [6, 6.07) is 20.0. The fourth-order valence-electron chi connectivity index (χ4n) is 4.41. The average Bonchev–Trinajstić information content (AvgIpc) is 2.97.